The number of aromatic hydroxyl groups is 1. The molecule has 6 nitrogen and oxygen atoms in total. The molecular formula is C19H19NO5. The lowest BCUT2D eigenvalue weighted by Crippen LogP contribution is -2.24. The number of carbonyl (C=O) groups is 3. The lowest BCUT2D eigenvalue weighted by molar-refractivity contribution is -0.114. The van der Waals surface area contributed by atoms with Crippen LogP contribution in [0.1, 0.15) is 40.1 Å². The van der Waals surface area contributed by atoms with Crippen LogP contribution in [0.25, 0.3) is 0 Å². The van der Waals surface area contributed by atoms with Gasteiger partial charge in [0.1, 0.15) is 11.3 Å². The van der Waals surface area contributed by atoms with Gasteiger partial charge in [-0.25, -0.2) is 4.79 Å². The quantitative estimate of drug-likeness (QED) is 0.644. The third-order valence-electron chi connectivity index (χ3n) is 3.52. The molecule has 130 valence electrons. The van der Waals surface area contributed by atoms with E-state index >= 15 is 0 Å². The average Bonchev–Trinajstić information content (AvgIpc) is 2.54. The van der Waals surface area contributed by atoms with Crippen LogP contribution in [-0.2, 0) is 9.53 Å². The molecule has 2 aromatic rings. The van der Waals surface area contributed by atoms with Gasteiger partial charge in [0.2, 0.25) is 11.7 Å². The molecule has 0 saturated carbocycles. The first-order valence-corrected chi connectivity index (χ1v) is 7.70. The third-order valence-corrected chi connectivity index (χ3v) is 3.52. The Morgan fingerprint density at radius 3 is 2.28 bits per heavy atom. The molecular weight excluding hydrogens is 322 g/mol. The number of carbonyl (C=O) groups excluding carboxylic acids is 3. The summed E-state index contributed by atoms with van der Waals surface area (Å²) in [7, 11) is 0. The van der Waals surface area contributed by atoms with Gasteiger partial charge in [-0.15, -0.1) is 0 Å². The van der Waals surface area contributed by atoms with Crippen molar-refractivity contribution in [3.63, 3.8) is 0 Å². The number of rotatable bonds is 5. The fourth-order valence-corrected chi connectivity index (χ4v) is 2.25. The Morgan fingerprint density at radius 2 is 1.72 bits per heavy atom. The van der Waals surface area contributed by atoms with Crippen molar-refractivity contribution >= 4 is 23.3 Å². The number of aryl methyl sites for hydroxylation is 1. The summed E-state index contributed by atoms with van der Waals surface area (Å²) in [6, 6.07) is 10.8. The molecule has 0 radical (unpaired) electrons. The Bertz CT molecular complexity index is 811. The molecule has 6 heteroatoms. The number of anilines is 1. The molecule has 0 spiro atoms. The van der Waals surface area contributed by atoms with E-state index in [1.165, 1.54) is 26.0 Å². The summed E-state index contributed by atoms with van der Waals surface area (Å²) in [4.78, 5) is 35.5. The second-order valence-electron chi connectivity index (χ2n) is 5.69. The van der Waals surface area contributed by atoms with Crippen molar-refractivity contribution in [2.24, 2.45) is 0 Å². The molecule has 2 N–H and O–H groups in total. The first kappa shape index (κ1) is 18.2. The van der Waals surface area contributed by atoms with Crippen molar-refractivity contribution in [1.82, 2.24) is 0 Å². The summed E-state index contributed by atoms with van der Waals surface area (Å²) in [6.45, 7) is 4.64. The fourth-order valence-electron chi connectivity index (χ4n) is 2.25. The van der Waals surface area contributed by atoms with E-state index < -0.39 is 12.1 Å². The Kier molecular flexibility index (Phi) is 5.54. The van der Waals surface area contributed by atoms with Crippen molar-refractivity contribution in [3.8, 4) is 5.75 Å². The summed E-state index contributed by atoms with van der Waals surface area (Å²) in [6.07, 6.45) is -1.01. The maximum absolute atomic E-state index is 12.4. The van der Waals surface area contributed by atoms with Gasteiger partial charge in [0, 0.05) is 18.2 Å². The molecule has 1 amide bonds. The van der Waals surface area contributed by atoms with E-state index in [4.69, 9.17) is 4.74 Å². The van der Waals surface area contributed by atoms with Gasteiger partial charge in [-0.3, -0.25) is 9.59 Å². The highest BCUT2D eigenvalue weighted by Crippen LogP contribution is 2.20. The van der Waals surface area contributed by atoms with Crippen LogP contribution in [0.3, 0.4) is 0 Å². The van der Waals surface area contributed by atoms with E-state index in [1.54, 1.807) is 37.3 Å². The molecule has 0 bridgehead atoms. The van der Waals surface area contributed by atoms with Crippen LogP contribution in [0.4, 0.5) is 5.69 Å². The van der Waals surface area contributed by atoms with Crippen LogP contribution in [0.15, 0.2) is 42.5 Å². The number of benzene rings is 2. The normalized spacial score (nSPS) is 11.5. The zero-order chi connectivity index (χ0) is 18.6. The highest BCUT2D eigenvalue weighted by Gasteiger charge is 2.22. The number of nitrogens with one attached hydrogen (secondary N) is 1. The van der Waals surface area contributed by atoms with E-state index in [0.29, 0.717) is 11.3 Å². The van der Waals surface area contributed by atoms with Crippen molar-refractivity contribution in [2.75, 3.05) is 5.32 Å². The first-order valence-electron chi connectivity index (χ1n) is 7.70. The summed E-state index contributed by atoms with van der Waals surface area (Å²) >= 11 is 0. The summed E-state index contributed by atoms with van der Waals surface area (Å²) < 4.78 is 5.15. The minimum atomic E-state index is -1.01. The maximum atomic E-state index is 12.4. The topological polar surface area (TPSA) is 92.7 Å². The van der Waals surface area contributed by atoms with Crippen LogP contribution in [0, 0.1) is 6.92 Å². The lowest BCUT2D eigenvalue weighted by Gasteiger charge is -2.13. The molecule has 2 rings (SSSR count). The van der Waals surface area contributed by atoms with E-state index in [0.717, 1.165) is 5.56 Å². The van der Waals surface area contributed by atoms with E-state index in [1.807, 2.05) is 0 Å². The molecule has 0 aromatic heterocycles. The number of phenols is 1. The second kappa shape index (κ2) is 7.61. The van der Waals surface area contributed by atoms with E-state index in [-0.39, 0.29) is 23.0 Å². The molecule has 0 unspecified atom stereocenters. The van der Waals surface area contributed by atoms with Crippen LogP contribution in [0.2, 0.25) is 0 Å². The molecule has 2 aromatic carbocycles. The van der Waals surface area contributed by atoms with Gasteiger partial charge >= 0.3 is 5.97 Å². The second-order valence-corrected chi connectivity index (χ2v) is 5.69. The van der Waals surface area contributed by atoms with Crippen molar-refractivity contribution in [3.05, 3.63) is 59.2 Å². The van der Waals surface area contributed by atoms with Crippen LogP contribution in [-0.4, -0.2) is 28.9 Å². The van der Waals surface area contributed by atoms with E-state index in [9.17, 15) is 19.5 Å². The minimum absolute atomic E-state index is 0.00579. The first-order chi connectivity index (χ1) is 11.8. The number of ketones is 1. The summed E-state index contributed by atoms with van der Waals surface area (Å²) in [5.74, 6) is -1.55. The molecule has 0 heterocycles. The zero-order valence-electron chi connectivity index (χ0n) is 14.2. The molecule has 25 heavy (non-hydrogen) atoms. The number of esters is 1. The Hall–Kier alpha value is -3.15. The van der Waals surface area contributed by atoms with Gasteiger partial charge in [0.15, 0.2) is 6.10 Å². The van der Waals surface area contributed by atoms with Gasteiger partial charge in [-0.05, 0) is 55.8 Å². The number of phenolic OH excluding ortho intramolecular Hbond substituents is 1. The Labute approximate surface area is 145 Å². The highest BCUT2D eigenvalue weighted by atomic mass is 16.5. The monoisotopic (exact) mass is 341 g/mol. The molecule has 0 saturated heterocycles. The molecule has 0 aliphatic rings. The van der Waals surface area contributed by atoms with Crippen LogP contribution in [0.5, 0.6) is 5.75 Å². The fraction of sp³-hybridized carbons (Fsp3) is 0.211. The molecule has 1 atom stereocenters. The summed E-state index contributed by atoms with van der Waals surface area (Å²) in [5, 5.41) is 12.4. The lowest BCUT2D eigenvalue weighted by atomic mass is 10.1. The highest BCUT2D eigenvalue weighted by molar-refractivity contribution is 6.02. The minimum Gasteiger partial charge on any atom is -0.507 e. The standard InChI is InChI=1S/C19H19NO5/c1-11-4-9-16(17(22)10-11)19(24)25-12(2)18(23)14-5-7-15(8-6-14)20-13(3)21/h4-10,12,22H,1-3H3,(H,20,21)/t12-/m0/s1. The molecule has 0 fully saturated rings. The average molecular weight is 341 g/mol. The number of amides is 1. The van der Waals surface area contributed by atoms with Gasteiger partial charge in [0.25, 0.3) is 0 Å². The number of ether oxygens (including phenoxy) is 1. The van der Waals surface area contributed by atoms with Crippen molar-refractivity contribution in [1.29, 1.82) is 0 Å². The van der Waals surface area contributed by atoms with Gasteiger partial charge in [-0.1, -0.05) is 6.07 Å². The smallest absolute Gasteiger partial charge is 0.342 e. The molecule has 0 aliphatic heterocycles. The number of hydrogen-bond donors (Lipinski definition) is 2. The molecule has 0 aliphatic carbocycles. The number of hydrogen-bond acceptors (Lipinski definition) is 5. The predicted octanol–water partition coefficient (Wildman–Crippen LogP) is 3.09. The zero-order valence-corrected chi connectivity index (χ0v) is 14.2. The van der Waals surface area contributed by atoms with Crippen LogP contribution >= 0.6 is 0 Å². The van der Waals surface area contributed by atoms with Gasteiger partial charge < -0.3 is 15.2 Å². The predicted molar refractivity (Wildman–Crippen MR) is 92.8 cm³/mol. The maximum Gasteiger partial charge on any atom is 0.342 e. The van der Waals surface area contributed by atoms with Gasteiger partial charge in [0.05, 0.1) is 0 Å². The van der Waals surface area contributed by atoms with E-state index in [2.05, 4.69) is 5.32 Å². The van der Waals surface area contributed by atoms with Crippen molar-refractivity contribution < 1.29 is 24.2 Å². The Balaban J connectivity index is 2.06. The number of Topliss-reactive ketones (excluding diaryl/α,β-unsaturated/α-hetero) is 1. The van der Waals surface area contributed by atoms with Gasteiger partial charge in [-0.2, -0.15) is 0 Å². The third kappa shape index (κ3) is 4.67. The summed E-state index contributed by atoms with van der Waals surface area (Å²) in [5.41, 5.74) is 1.73. The largest absolute Gasteiger partial charge is 0.507 e. The van der Waals surface area contributed by atoms with Crippen LogP contribution < -0.4 is 5.32 Å². The van der Waals surface area contributed by atoms with Crippen molar-refractivity contribution in [2.45, 2.75) is 26.9 Å². The SMILES string of the molecule is CC(=O)Nc1ccc(C(=O)[C@H](C)OC(=O)c2ccc(C)cc2O)cc1. The Morgan fingerprint density at radius 1 is 1.08 bits per heavy atom.